The molecular formula is C10H17F3N2O3S. The van der Waals surface area contributed by atoms with Gasteiger partial charge in [-0.25, -0.2) is 9.59 Å². The van der Waals surface area contributed by atoms with E-state index >= 15 is 0 Å². The van der Waals surface area contributed by atoms with Gasteiger partial charge in [-0.15, -0.1) is 0 Å². The first-order chi connectivity index (χ1) is 8.67. The Morgan fingerprint density at radius 3 is 2.42 bits per heavy atom. The average molecular weight is 302 g/mol. The number of hydrogen-bond donors (Lipinski definition) is 2. The Hall–Kier alpha value is -1.12. The number of nitrogens with zero attached hydrogens (tertiary/aromatic N) is 1. The zero-order chi connectivity index (χ0) is 15.1. The molecule has 0 aliphatic heterocycles. The highest BCUT2D eigenvalue weighted by Gasteiger charge is 2.29. The SMILES string of the molecule is CSCCC(NC(=O)N(C)CCC(F)(F)F)C(=O)O. The molecule has 0 saturated heterocycles. The summed E-state index contributed by atoms with van der Waals surface area (Å²) >= 11 is 1.42. The van der Waals surface area contributed by atoms with E-state index in [1.807, 2.05) is 0 Å². The number of alkyl halides is 3. The summed E-state index contributed by atoms with van der Waals surface area (Å²) < 4.78 is 35.9. The average Bonchev–Trinajstić information content (AvgIpc) is 2.29. The van der Waals surface area contributed by atoms with Crippen LogP contribution in [0.2, 0.25) is 0 Å². The van der Waals surface area contributed by atoms with Crippen LogP contribution in [0.15, 0.2) is 0 Å². The van der Waals surface area contributed by atoms with Crippen LogP contribution in [0.5, 0.6) is 0 Å². The number of carbonyl (C=O) groups is 2. The van der Waals surface area contributed by atoms with Crippen LogP contribution >= 0.6 is 11.8 Å². The molecule has 0 rings (SSSR count). The lowest BCUT2D eigenvalue weighted by atomic mass is 10.2. The molecule has 0 aromatic heterocycles. The van der Waals surface area contributed by atoms with Crippen LogP contribution in [0, 0.1) is 0 Å². The molecule has 0 aromatic rings. The van der Waals surface area contributed by atoms with Crippen LogP contribution in [0.1, 0.15) is 12.8 Å². The fraction of sp³-hybridized carbons (Fsp3) is 0.800. The monoisotopic (exact) mass is 302 g/mol. The molecule has 9 heteroatoms. The number of carboxylic acids is 1. The second-order valence-corrected chi connectivity index (χ2v) is 4.89. The van der Waals surface area contributed by atoms with Crippen molar-refractivity contribution in [1.82, 2.24) is 10.2 Å². The minimum Gasteiger partial charge on any atom is -0.480 e. The molecule has 0 bridgehead atoms. The Bertz CT molecular complexity index is 313. The summed E-state index contributed by atoms with van der Waals surface area (Å²) in [7, 11) is 1.19. The fourth-order valence-corrected chi connectivity index (χ4v) is 1.62. The van der Waals surface area contributed by atoms with Crippen LogP contribution in [0.4, 0.5) is 18.0 Å². The van der Waals surface area contributed by atoms with E-state index in [9.17, 15) is 22.8 Å². The van der Waals surface area contributed by atoms with E-state index in [-0.39, 0.29) is 6.42 Å². The maximum atomic E-state index is 12.0. The van der Waals surface area contributed by atoms with Crippen molar-refractivity contribution < 1.29 is 27.9 Å². The number of thioether (sulfide) groups is 1. The maximum absolute atomic E-state index is 12.0. The second-order valence-electron chi connectivity index (χ2n) is 3.91. The van der Waals surface area contributed by atoms with Gasteiger partial charge < -0.3 is 15.3 Å². The van der Waals surface area contributed by atoms with E-state index in [4.69, 9.17) is 5.11 Å². The molecule has 0 aromatic carbocycles. The number of nitrogens with one attached hydrogen (secondary N) is 1. The molecule has 0 aliphatic rings. The van der Waals surface area contributed by atoms with E-state index in [1.165, 1.54) is 18.8 Å². The second kappa shape index (κ2) is 8.13. The first-order valence-corrected chi connectivity index (χ1v) is 6.87. The van der Waals surface area contributed by atoms with Gasteiger partial charge in [-0.3, -0.25) is 0 Å². The third-order valence-electron chi connectivity index (χ3n) is 2.28. The van der Waals surface area contributed by atoms with E-state index in [0.29, 0.717) is 5.75 Å². The highest BCUT2D eigenvalue weighted by atomic mass is 32.2. The smallest absolute Gasteiger partial charge is 0.390 e. The van der Waals surface area contributed by atoms with E-state index in [1.54, 1.807) is 6.26 Å². The molecule has 0 fully saturated rings. The van der Waals surface area contributed by atoms with E-state index in [0.717, 1.165) is 4.90 Å². The highest BCUT2D eigenvalue weighted by Crippen LogP contribution is 2.19. The molecule has 1 unspecified atom stereocenters. The minimum atomic E-state index is -4.35. The number of aliphatic carboxylic acids is 1. The fourth-order valence-electron chi connectivity index (χ4n) is 1.15. The van der Waals surface area contributed by atoms with Crippen LogP contribution in [0.3, 0.4) is 0 Å². The molecule has 19 heavy (non-hydrogen) atoms. The van der Waals surface area contributed by atoms with Crippen molar-refractivity contribution in [3.05, 3.63) is 0 Å². The van der Waals surface area contributed by atoms with Crippen LogP contribution in [-0.4, -0.2) is 59.8 Å². The first-order valence-electron chi connectivity index (χ1n) is 5.47. The number of carboxylic acid groups (broad SMARTS) is 1. The van der Waals surface area contributed by atoms with Crippen molar-refractivity contribution in [2.45, 2.75) is 25.1 Å². The number of rotatable bonds is 7. The Balaban J connectivity index is 4.27. The van der Waals surface area contributed by atoms with Crippen molar-refractivity contribution >= 4 is 23.8 Å². The van der Waals surface area contributed by atoms with Gasteiger partial charge >= 0.3 is 18.2 Å². The first kappa shape index (κ1) is 17.9. The summed E-state index contributed by atoms with van der Waals surface area (Å²) in [5.74, 6) is -0.671. The van der Waals surface area contributed by atoms with E-state index < -0.39 is 37.2 Å². The summed E-state index contributed by atoms with van der Waals surface area (Å²) in [5, 5.41) is 11.1. The van der Waals surface area contributed by atoms with Gasteiger partial charge in [-0.1, -0.05) is 0 Å². The molecule has 0 heterocycles. The Labute approximate surface area is 113 Å². The van der Waals surface area contributed by atoms with Crippen LogP contribution < -0.4 is 5.32 Å². The number of hydrogen-bond acceptors (Lipinski definition) is 3. The lowest BCUT2D eigenvalue weighted by Gasteiger charge is -2.21. The minimum absolute atomic E-state index is 0.218. The topological polar surface area (TPSA) is 69.6 Å². The molecule has 0 saturated carbocycles. The van der Waals surface area contributed by atoms with Gasteiger partial charge in [0, 0.05) is 13.6 Å². The normalized spacial score (nSPS) is 12.9. The third kappa shape index (κ3) is 8.57. The predicted octanol–water partition coefficient (Wildman–Crippen LogP) is 1.79. The molecule has 0 spiro atoms. The summed E-state index contributed by atoms with van der Waals surface area (Å²) in [6.45, 7) is -0.510. The standard InChI is InChI=1S/C10H17F3N2O3S/c1-15(5-4-10(11,12)13)9(18)14-7(8(16)17)3-6-19-2/h7H,3-6H2,1-2H3,(H,14,18)(H,16,17). The molecular weight excluding hydrogens is 285 g/mol. The molecule has 2 amide bonds. The van der Waals surface area contributed by atoms with Gasteiger partial charge in [0.1, 0.15) is 6.04 Å². The van der Waals surface area contributed by atoms with Crippen LogP contribution in [-0.2, 0) is 4.79 Å². The largest absolute Gasteiger partial charge is 0.480 e. The Kier molecular flexibility index (Phi) is 7.65. The van der Waals surface area contributed by atoms with Gasteiger partial charge in [0.05, 0.1) is 6.42 Å². The highest BCUT2D eigenvalue weighted by molar-refractivity contribution is 7.98. The third-order valence-corrected chi connectivity index (χ3v) is 2.93. The van der Waals surface area contributed by atoms with Crippen molar-refractivity contribution in [2.24, 2.45) is 0 Å². The predicted molar refractivity (Wildman–Crippen MR) is 66.3 cm³/mol. The molecule has 112 valence electrons. The molecule has 0 aliphatic carbocycles. The van der Waals surface area contributed by atoms with E-state index in [2.05, 4.69) is 5.32 Å². The number of urea groups is 1. The number of carbonyl (C=O) groups excluding carboxylic acids is 1. The quantitative estimate of drug-likeness (QED) is 0.752. The molecule has 5 nitrogen and oxygen atoms in total. The summed E-state index contributed by atoms with van der Waals surface area (Å²) in [5.41, 5.74) is 0. The van der Waals surface area contributed by atoms with Crippen molar-refractivity contribution in [1.29, 1.82) is 0 Å². The lowest BCUT2D eigenvalue weighted by molar-refractivity contribution is -0.140. The number of amides is 2. The van der Waals surface area contributed by atoms with Gasteiger partial charge in [0.2, 0.25) is 0 Å². The molecule has 2 N–H and O–H groups in total. The summed E-state index contributed by atoms with van der Waals surface area (Å²) in [6.07, 6.45) is -3.47. The van der Waals surface area contributed by atoms with Crippen LogP contribution in [0.25, 0.3) is 0 Å². The van der Waals surface area contributed by atoms with Gasteiger partial charge in [0.25, 0.3) is 0 Å². The zero-order valence-electron chi connectivity index (χ0n) is 10.7. The number of halogens is 3. The summed E-state index contributed by atoms with van der Waals surface area (Å²) in [4.78, 5) is 23.2. The van der Waals surface area contributed by atoms with Gasteiger partial charge in [-0.2, -0.15) is 24.9 Å². The maximum Gasteiger partial charge on any atom is 0.390 e. The zero-order valence-corrected chi connectivity index (χ0v) is 11.5. The molecule has 1 atom stereocenters. The summed E-state index contributed by atoms with van der Waals surface area (Å²) in [6, 6.07) is -1.91. The molecule has 0 radical (unpaired) electrons. The Morgan fingerprint density at radius 2 is 2.00 bits per heavy atom. The van der Waals surface area contributed by atoms with Crippen molar-refractivity contribution in [2.75, 3.05) is 25.6 Å². The van der Waals surface area contributed by atoms with Crippen molar-refractivity contribution in [3.8, 4) is 0 Å². The van der Waals surface area contributed by atoms with Gasteiger partial charge in [0.15, 0.2) is 0 Å². The lowest BCUT2D eigenvalue weighted by Crippen LogP contribution is -2.47. The van der Waals surface area contributed by atoms with Crippen molar-refractivity contribution in [3.63, 3.8) is 0 Å². The Morgan fingerprint density at radius 1 is 1.42 bits per heavy atom. The van der Waals surface area contributed by atoms with Gasteiger partial charge in [-0.05, 0) is 18.4 Å².